The van der Waals surface area contributed by atoms with Gasteiger partial charge in [-0.05, 0) is 44.4 Å². The highest BCUT2D eigenvalue weighted by molar-refractivity contribution is 7.05. The maximum atomic E-state index is 2.68. The first-order valence-electron chi connectivity index (χ1n) is 14.1. The largest absolute Gasteiger partial charge is 0.140 e. The van der Waals surface area contributed by atoms with Crippen LogP contribution in [0.25, 0.3) is 16.7 Å². The van der Waals surface area contributed by atoms with Crippen LogP contribution in [0.1, 0.15) is 54.1 Å². The van der Waals surface area contributed by atoms with Crippen molar-refractivity contribution in [3.8, 4) is 11.1 Å². The van der Waals surface area contributed by atoms with E-state index in [9.17, 15) is 0 Å². The summed E-state index contributed by atoms with van der Waals surface area (Å²) < 4.78 is 0. The van der Waals surface area contributed by atoms with E-state index in [2.05, 4.69) is 160 Å². The van der Waals surface area contributed by atoms with Crippen molar-refractivity contribution >= 4 is 24.0 Å². The Morgan fingerprint density at radius 2 is 0.872 bits per heavy atom. The molecule has 0 fully saturated rings. The van der Waals surface area contributed by atoms with Gasteiger partial charge in [0.15, 0.2) is 0 Å². The third-order valence-electron chi connectivity index (χ3n) is 9.01. The van der Waals surface area contributed by atoms with Crippen molar-refractivity contribution in [1.29, 1.82) is 0 Å². The summed E-state index contributed by atoms with van der Waals surface area (Å²) in [5.74, 6) is 0. The van der Waals surface area contributed by atoms with Crippen molar-refractivity contribution in [2.24, 2.45) is 5.41 Å². The van der Waals surface area contributed by atoms with Gasteiger partial charge in [-0.25, -0.2) is 0 Å². The maximum Gasteiger partial charge on any atom is 0.140 e. The molecule has 0 saturated carbocycles. The average molecular weight is 519 g/mol. The number of benzene rings is 5. The highest BCUT2D eigenvalue weighted by Gasteiger charge is 2.56. The second-order valence-electron chi connectivity index (χ2n) is 12.1. The molecular formula is C38H34Si. The summed E-state index contributed by atoms with van der Waals surface area (Å²) in [6.45, 7) is 7.10. The number of allylic oxidation sites excluding steroid dienone is 2. The summed E-state index contributed by atoms with van der Waals surface area (Å²) in [5.41, 5.74) is 10.8. The van der Waals surface area contributed by atoms with Crippen LogP contribution in [0.5, 0.6) is 0 Å². The van der Waals surface area contributed by atoms with Crippen LogP contribution in [0, 0.1) is 5.41 Å². The zero-order valence-corrected chi connectivity index (χ0v) is 23.9. The molecule has 2 aliphatic carbocycles. The lowest BCUT2D eigenvalue weighted by Gasteiger charge is -2.44. The van der Waals surface area contributed by atoms with Gasteiger partial charge in [0.2, 0.25) is 0 Å². The molecule has 2 aliphatic rings. The van der Waals surface area contributed by atoms with Gasteiger partial charge in [-0.1, -0.05) is 171 Å². The van der Waals surface area contributed by atoms with Crippen molar-refractivity contribution < 1.29 is 0 Å². The van der Waals surface area contributed by atoms with Crippen LogP contribution in [0.2, 0.25) is 0 Å². The van der Waals surface area contributed by atoms with Gasteiger partial charge in [0.05, 0.1) is 0 Å². The molecule has 0 aliphatic heterocycles. The van der Waals surface area contributed by atoms with Crippen LogP contribution in [0.15, 0.2) is 140 Å². The zero-order chi connectivity index (χ0) is 26.6. The lowest BCUT2D eigenvalue weighted by Crippen LogP contribution is -2.66. The summed E-state index contributed by atoms with van der Waals surface area (Å²) in [6.07, 6.45) is 2.68. The summed E-state index contributed by atoms with van der Waals surface area (Å²) in [5, 5.41) is 3.00. The molecule has 0 radical (unpaired) electrons. The molecule has 0 N–H and O–H groups in total. The van der Waals surface area contributed by atoms with Gasteiger partial charge in [0.1, 0.15) is 8.07 Å². The minimum atomic E-state index is -2.63. The summed E-state index contributed by atoms with van der Waals surface area (Å²) in [7, 11) is -2.63. The molecule has 190 valence electrons. The minimum Gasteiger partial charge on any atom is -0.0746 e. The van der Waals surface area contributed by atoms with Gasteiger partial charge < -0.3 is 0 Å². The quantitative estimate of drug-likeness (QED) is 0.210. The predicted molar refractivity (Wildman–Crippen MR) is 168 cm³/mol. The monoisotopic (exact) mass is 518 g/mol. The van der Waals surface area contributed by atoms with E-state index in [0.717, 1.165) is 0 Å². The van der Waals surface area contributed by atoms with Crippen LogP contribution in [0.3, 0.4) is 0 Å². The molecular weight excluding hydrogens is 485 g/mol. The van der Waals surface area contributed by atoms with Crippen LogP contribution in [-0.4, -0.2) is 8.07 Å². The van der Waals surface area contributed by atoms with E-state index in [0.29, 0.717) is 11.1 Å². The summed E-state index contributed by atoms with van der Waals surface area (Å²) in [4.78, 5) is 0. The van der Waals surface area contributed by atoms with Gasteiger partial charge in [0, 0.05) is 11.1 Å². The van der Waals surface area contributed by atoms with E-state index >= 15 is 0 Å². The lowest BCUT2D eigenvalue weighted by molar-refractivity contribution is 0.567. The molecule has 0 bridgehead atoms. The molecule has 0 amide bonds. The average Bonchev–Trinajstić information content (AvgIpc) is 3.53. The number of fused-ring (bicyclic) bond motifs is 4. The molecule has 0 aromatic heterocycles. The molecule has 1 heteroatoms. The molecule has 0 spiro atoms. The summed E-state index contributed by atoms with van der Waals surface area (Å²) >= 11 is 0. The van der Waals surface area contributed by atoms with Gasteiger partial charge >= 0.3 is 0 Å². The Kier molecular flexibility index (Phi) is 5.61. The fraction of sp³-hybridized carbons (Fsp3) is 0.158. The van der Waals surface area contributed by atoms with Gasteiger partial charge in [-0.3, -0.25) is 0 Å². The van der Waals surface area contributed by atoms with Gasteiger partial charge in [-0.15, -0.1) is 0 Å². The van der Waals surface area contributed by atoms with Gasteiger partial charge in [0.25, 0.3) is 0 Å². The topological polar surface area (TPSA) is 0 Å². The number of hydrogen-bond acceptors (Lipinski definition) is 0. The minimum absolute atomic E-state index is 0.0594. The van der Waals surface area contributed by atoms with Crippen molar-refractivity contribution in [3.63, 3.8) is 0 Å². The fourth-order valence-corrected chi connectivity index (χ4v) is 13.7. The Bertz CT molecular complexity index is 1600. The highest BCUT2D eigenvalue weighted by Crippen LogP contribution is 2.55. The zero-order valence-electron chi connectivity index (χ0n) is 22.9. The van der Waals surface area contributed by atoms with Crippen LogP contribution in [0.4, 0.5) is 0 Å². The van der Waals surface area contributed by atoms with E-state index in [1.54, 1.807) is 0 Å². The Hall–Kier alpha value is -3.94. The first kappa shape index (κ1) is 24.1. The smallest absolute Gasteiger partial charge is 0.0746 e. The first-order chi connectivity index (χ1) is 19.0. The molecule has 0 saturated heterocycles. The Balaban J connectivity index is 1.65. The van der Waals surface area contributed by atoms with Crippen LogP contribution in [-0.2, 0) is 0 Å². The van der Waals surface area contributed by atoms with Crippen LogP contribution < -0.4 is 10.4 Å². The normalized spacial score (nSPS) is 16.4. The Morgan fingerprint density at radius 3 is 1.36 bits per heavy atom. The molecule has 5 aromatic rings. The summed E-state index contributed by atoms with van der Waals surface area (Å²) in [6, 6.07) is 50.7. The van der Waals surface area contributed by atoms with E-state index in [1.807, 2.05) is 0 Å². The van der Waals surface area contributed by atoms with Crippen LogP contribution >= 0.6 is 0 Å². The molecule has 1 unspecified atom stereocenters. The molecule has 7 rings (SSSR count). The Labute approximate surface area is 233 Å². The molecule has 0 heterocycles. The highest BCUT2D eigenvalue weighted by atomic mass is 28.3. The van der Waals surface area contributed by atoms with Crippen molar-refractivity contribution in [2.75, 3.05) is 0 Å². The lowest BCUT2D eigenvalue weighted by atomic mass is 9.83. The molecule has 0 nitrogen and oxygen atoms in total. The van der Waals surface area contributed by atoms with E-state index in [-0.39, 0.29) is 5.41 Å². The molecule has 1 atom stereocenters. The second-order valence-corrected chi connectivity index (χ2v) is 16.2. The second kappa shape index (κ2) is 9.07. The van der Waals surface area contributed by atoms with E-state index < -0.39 is 8.07 Å². The molecule has 5 aromatic carbocycles. The molecule has 39 heavy (non-hydrogen) atoms. The number of rotatable bonds is 4. The number of hydrogen-bond donors (Lipinski definition) is 0. The third-order valence-corrected chi connectivity index (χ3v) is 14.6. The predicted octanol–water partition coefficient (Wildman–Crippen LogP) is 8.37. The fourth-order valence-electron chi connectivity index (χ4n) is 7.50. The van der Waals surface area contributed by atoms with Crippen molar-refractivity contribution in [1.82, 2.24) is 0 Å². The SMILES string of the molecule is CC(C)(C)C1=CC([Si](c2ccccc2)(c2ccccc2)C2c3ccccc3-c3ccccc32)c2ccccc21. The standard InChI is InChI=1S/C38H34Si/c1-38(2,3)35-26-36(32-23-13-12-22-31(32)35)39(27-16-6-4-7-17-27,28-18-8-5-9-19-28)37-33-24-14-10-20-29(33)30-21-11-15-25-34(30)37/h4-26,36-37H,1-3H3. The van der Waals surface area contributed by atoms with Crippen molar-refractivity contribution in [3.05, 3.63) is 162 Å². The van der Waals surface area contributed by atoms with Crippen molar-refractivity contribution in [2.45, 2.75) is 31.9 Å². The third kappa shape index (κ3) is 3.57. The maximum absolute atomic E-state index is 2.68. The van der Waals surface area contributed by atoms with E-state index in [1.165, 1.54) is 49.3 Å². The first-order valence-corrected chi connectivity index (χ1v) is 16.3. The van der Waals surface area contributed by atoms with Gasteiger partial charge in [-0.2, -0.15) is 0 Å². The van der Waals surface area contributed by atoms with E-state index in [4.69, 9.17) is 0 Å². The Morgan fingerprint density at radius 1 is 0.462 bits per heavy atom.